The first-order chi connectivity index (χ1) is 9.79. The molecule has 1 aliphatic carbocycles. The number of methoxy groups -OCH3 is 1. The zero-order chi connectivity index (χ0) is 13.9. The van der Waals surface area contributed by atoms with Gasteiger partial charge in [-0.1, -0.05) is 31.4 Å². The first-order valence-electron chi connectivity index (χ1n) is 7.16. The number of fused-ring (bicyclic) bond motifs is 1. The van der Waals surface area contributed by atoms with E-state index >= 15 is 0 Å². The molecule has 1 amide bonds. The van der Waals surface area contributed by atoms with Crippen LogP contribution in [0, 0.1) is 0 Å². The van der Waals surface area contributed by atoms with E-state index in [1.54, 1.807) is 7.11 Å². The Bertz CT molecular complexity index is 611. The predicted molar refractivity (Wildman–Crippen MR) is 77.1 cm³/mol. The smallest absolute Gasteiger partial charge is 0.291 e. The van der Waals surface area contributed by atoms with E-state index in [0.29, 0.717) is 11.3 Å². The van der Waals surface area contributed by atoms with Crippen molar-refractivity contribution < 1.29 is 13.9 Å². The molecule has 3 rings (SSSR count). The molecule has 0 radical (unpaired) electrons. The van der Waals surface area contributed by atoms with E-state index in [1.165, 1.54) is 19.3 Å². The van der Waals surface area contributed by atoms with Gasteiger partial charge in [-0.25, -0.2) is 0 Å². The molecule has 0 bridgehead atoms. The van der Waals surface area contributed by atoms with Crippen molar-refractivity contribution in [3.63, 3.8) is 0 Å². The molecular formula is C16H19NO3. The van der Waals surface area contributed by atoms with Crippen molar-refractivity contribution in [1.82, 2.24) is 5.32 Å². The monoisotopic (exact) mass is 273 g/mol. The fraction of sp³-hybridized carbons (Fsp3) is 0.438. The van der Waals surface area contributed by atoms with Gasteiger partial charge in [0.05, 0.1) is 12.5 Å². The molecule has 20 heavy (non-hydrogen) atoms. The average molecular weight is 273 g/mol. The Balaban J connectivity index is 1.86. The van der Waals surface area contributed by atoms with Gasteiger partial charge in [0, 0.05) is 6.04 Å². The van der Waals surface area contributed by atoms with E-state index in [1.807, 2.05) is 24.3 Å². The minimum absolute atomic E-state index is 0.176. The van der Waals surface area contributed by atoms with Crippen LogP contribution in [0.5, 0.6) is 5.75 Å². The summed E-state index contributed by atoms with van der Waals surface area (Å²) in [6.07, 6.45) is 5.73. The molecule has 1 N–H and O–H groups in total. The van der Waals surface area contributed by atoms with Gasteiger partial charge in [-0.05, 0) is 25.0 Å². The zero-order valence-electron chi connectivity index (χ0n) is 11.6. The quantitative estimate of drug-likeness (QED) is 0.931. The molecule has 1 heterocycles. The summed E-state index contributed by atoms with van der Waals surface area (Å²) in [4.78, 5) is 12.4. The third-order valence-corrected chi connectivity index (χ3v) is 3.90. The topological polar surface area (TPSA) is 51.5 Å². The lowest BCUT2D eigenvalue weighted by Gasteiger charge is -2.22. The molecule has 1 saturated carbocycles. The normalized spacial score (nSPS) is 16.2. The number of para-hydroxylation sites is 1. The van der Waals surface area contributed by atoms with Gasteiger partial charge in [-0.2, -0.15) is 0 Å². The van der Waals surface area contributed by atoms with E-state index in [9.17, 15) is 4.79 Å². The van der Waals surface area contributed by atoms with Crippen LogP contribution in [-0.4, -0.2) is 19.1 Å². The third-order valence-electron chi connectivity index (χ3n) is 3.90. The number of nitrogens with one attached hydrogen (secondary N) is 1. The second-order valence-electron chi connectivity index (χ2n) is 5.27. The number of furan rings is 1. The summed E-state index contributed by atoms with van der Waals surface area (Å²) >= 11 is 0. The number of benzene rings is 1. The number of hydrogen-bond donors (Lipinski definition) is 1. The number of hydrogen-bond acceptors (Lipinski definition) is 3. The summed E-state index contributed by atoms with van der Waals surface area (Å²) in [6.45, 7) is 0. The lowest BCUT2D eigenvalue weighted by molar-refractivity contribution is 0.0897. The number of amides is 1. The maximum atomic E-state index is 12.4. The first kappa shape index (κ1) is 13.0. The number of carbonyl (C=O) groups is 1. The minimum atomic E-state index is -0.176. The highest BCUT2D eigenvalue weighted by molar-refractivity contribution is 6.01. The van der Waals surface area contributed by atoms with Crippen LogP contribution in [0.15, 0.2) is 28.7 Å². The van der Waals surface area contributed by atoms with Gasteiger partial charge in [-0.3, -0.25) is 4.79 Å². The second-order valence-corrected chi connectivity index (χ2v) is 5.27. The van der Waals surface area contributed by atoms with Crippen LogP contribution in [0.4, 0.5) is 0 Å². The molecule has 0 aliphatic heterocycles. The molecule has 0 unspecified atom stereocenters. The molecule has 0 atom stereocenters. The molecule has 1 aliphatic rings. The summed E-state index contributed by atoms with van der Waals surface area (Å²) in [5.41, 5.74) is 0.679. The van der Waals surface area contributed by atoms with Gasteiger partial charge in [0.25, 0.3) is 5.91 Å². The molecular weight excluding hydrogens is 254 g/mol. The van der Waals surface area contributed by atoms with Crippen LogP contribution in [0.3, 0.4) is 0 Å². The second kappa shape index (κ2) is 5.57. The van der Waals surface area contributed by atoms with Gasteiger partial charge in [0.2, 0.25) is 5.76 Å². The number of carbonyl (C=O) groups excluding carboxylic acids is 1. The lowest BCUT2D eigenvalue weighted by atomic mass is 9.95. The highest BCUT2D eigenvalue weighted by Crippen LogP contribution is 2.33. The van der Waals surface area contributed by atoms with E-state index in [-0.39, 0.29) is 17.7 Å². The lowest BCUT2D eigenvalue weighted by Crippen LogP contribution is -2.36. The summed E-state index contributed by atoms with van der Waals surface area (Å²) in [5.74, 6) is 0.623. The van der Waals surface area contributed by atoms with Gasteiger partial charge < -0.3 is 14.5 Å². The van der Waals surface area contributed by atoms with Crippen molar-refractivity contribution in [2.75, 3.05) is 7.11 Å². The van der Waals surface area contributed by atoms with E-state index in [4.69, 9.17) is 9.15 Å². The summed E-state index contributed by atoms with van der Waals surface area (Å²) < 4.78 is 11.0. The van der Waals surface area contributed by atoms with Gasteiger partial charge in [0.1, 0.15) is 5.58 Å². The third kappa shape index (κ3) is 2.38. The molecule has 0 spiro atoms. The average Bonchev–Trinajstić information content (AvgIpc) is 2.87. The predicted octanol–water partition coefficient (Wildman–Crippen LogP) is 3.50. The van der Waals surface area contributed by atoms with Crippen LogP contribution in [0.2, 0.25) is 0 Å². The summed E-state index contributed by atoms with van der Waals surface area (Å²) in [6, 6.07) is 7.79. The van der Waals surface area contributed by atoms with Crippen LogP contribution >= 0.6 is 0 Å². The largest absolute Gasteiger partial charge is 0.492 e. The van der Waals surface area contributed by atoms with Crippen LogP contribution in [-0.2, 0) is 0 Å². The van der Waals surface area contributed by atoms with Crippen LogP contribution in [0.25, 0.3) is 11.0 Å². The molecule has 1 aromatic carbocycles. The summed E-state index contributed by atoms with van der Waals surface area (Å²) in [7, 11) is 1.56. The Morgan fingerprint density at radius 3 is 2.75 bits per heavy atom. The van der Waals surface area contributed by atoms with Crippen LogP contribution in [0.1, 0.15) is 42.7 Å². The SMILES string of the molecule is COc1c(C(=O)NC2CCCCC2)oc2ccccc12. The van der Waals surface area contributed by atoms with Crippen molar-refractivity contribution in [1.29, 1.82) is 0 Å². The first-order valence-corrected chi connectivity index (χ1v) is 7.16. The Kier molecular flexibility index (Phi) is 3.63. The maximum Gasteiger partial charge on any atom is 0.291 e. The molecule has 2 aromatic rings. The minimum Gasteiger partial charge on any atom is -0.492 e. The molecule has 0 saturated heterocycles. The number of rotatable bonds is 3. The van der Waals surface area contributed by atoms with Crippen LogP contribution < -0.4 is 10.1 Å². The fourth-order valence-electron chi connectivity index (χ4n) is 2.87. The molecule has 106 valence electrons. The molecule has 1 aromatic heterocycles. The maximum absolute atomic E-state index is 12.4. The number of ether oxygens (including phenoxy) is 1. The van der Waals surface area contributed by atoms with E-state index in [2.05, 4.69) is 5.32 Å². The molecule has 4 nitrogen and oxygen atoms in total. The Hall–Kier alpha value is -1.97. The van der Waals surface area contributed by atoms with Gasteiger partial charge in [0.15, 0.2) is 5.75 Å². The highest BCUT2D eigenvalue weighted by atomic mass is 16.5. The standard InChI is InChI=1S/C16H19NO3/c1-19-14-12-9-5-6-10-13(12)20-15(14)16(18)17-11-7-3-2-4-8-11/h5-6,9-11H,2-4,7-8H2,1H3,(H,17,18). The van der Waals surface area contributed by atoms with E-state index in [0.717, 1.165) is 18.2 Å². The fourth-order valence-corrected chi connectivity index (χ4v) is 2.87. The van der Waals surface area contributed by atoms with Gasteiger partial charge in [-0.15, -0.1) is 0 Å². The van der Waals surface area contributed by atoms with Gasteiger partial charge >= 0.3 is 0 Å². The van der Waals surface area contributed by atoms with Crippen molar-refractivity contribution in [2.45, 2.75) is 38.1 Å². The summed E-state index contributed by atoms with van der Waals surface area (Å²) in [5, 5.41) is 3.89. The van der Waals surface area contributed by atoms with Crippen molar-refractivity contribution in [3.8, 4) is 5.75 Å². The highest BCUT2D eigenvalue weighted by Gasteiger charge is 2.24. The molecule has 4 heteroatoms. The Morgan fingerprint density at radius 1 is 1.25 bits per heavy atom. The van der Waals surface area contributed by atoms with Crippen molar-refractivity contribution in [2.24, 2.45) is 0 Å². The Labute approximate surface area is 118 Å². The molecule has 1 fully saturated rings. The zero-order valence-corrected chi connectivity index (χ0v) is 11.6. The van der Waals surface area contributed by atoms with E-state index < -0.39 is 0 Å². The Morgan fingerprint density at radius 2 is 2.00 bits per heavy atom. The van der Waals surface area contributed by atoms with Crippen molar-refractivity contribution >= 4 is 16.9 Å². The van der Waals surface area contributed by atoms with Crippen molar-refractivity contribution in [3.05, 3.63) is 30.0 Å².